The molecule has 21 heavy (non-hydrogen) atoms. The van der Waals surface area contributed by atoms with E-state index in [2.05, 4.69) is 28.3 Å². The van der Waals surface area contributed by atoms with Crippen molar-refractivity contribution in [1.29, 1.82) is 0 Å². The average molecular weight is 293 g/mol. The summed E-state index contributed by atoms with van der Waals surface area (Å²) in [6.45, 7) is 8.12. The highest BCUT2D eigenvalue weighted by Crippen LogP contribution is 2.15. The van der Waals surface area contributed by atoms with Gasteiger partial charge in [-0.05, 0) is 45.2 Å². The van der Waals surface area contributed by atoms with Crippen LogP contribution in [0.15, 0.2) is 18.5 Å². The van der Waals surface area contributed by atoms with Crippen molar-refractivity contribution in [2.75, 3.05) is 13.1 Å². The molecule has 5 heteroatoms. The Balaban J connectivity index is 1.72. The summed E-state index contributed by atoms with van der Waals surface area (Å²) in [4.78, 5) is 13.8. The van der Waals surface area contributed by atoms with E-state index in [9.17, 15) is 4.79 Å². The number of ether oxygens (including phenoxy) is 1. The molecule has 1 saturated heterocycles. The van der Waals surface area contributed by atoms with E-state index in [4.69, 9.17) is 4.74 Å². The van der Waals surface area contributed by atoms with Gasteiger partial charge in [0.15, 0.2) is 0 Å². The number of hydrogen-bond donors (Lipinski definition) is 1. The maximum Gasteiger partial charge on any atom is 0.410 e. The minimum Gasteiger partial charge on any atom is -0.444 e. The molecule has 0 aliphatic carbocycles. The molecule has 118 valence electrons. The lowest BCUT2D eigenvalue weighted by Crippen LogP contribution is -2.46. The fourth-order valence-corrected chi connectivity index (χ4v) is 2.52. The smallest absolute Gasteiger partial charge is 0.410 e. The zero-order valence-corrected chi connectivity index (χ0v) is 13.6. The van der Waals surface area contributed by atoms with Gasteiger partial charge in [-0.15, -0.1) is 0 Å². The highest BCUT2D eigenvalue weighted by molar-refractivity contribution is 5.68. The molecule has 0 aromatic carbocycles. The second-order valence-electron chi connectivity index (χ2n) is 6.81. The SMILES string of the molecule is Cn1ccc(CNC2CCN(C(=O)OC(C)(C)C)CC2)c1. The average Bonchev–Trinajstić information content (AvgIpc) is 2.81. The Morgan fingerprint density at radius 3 is 2.57 bits per heavy atom. The van der Waals surface area contributed by atoms with Gasteiger partial charge in [-0.1, -0.05) is 0 Å². The number of carbonyl (C=O) groups excluding carboxylic acids is 1. The van der Waals surface area contributed by atoms with Crippen molar-refractivity contribution in [3.63, 3.8) is 0 Å². The van der Waals surface area contributed by atoms with E-state index in [0.29, 0.717) is 6.04 Å². The molecule has 1 aliphatic heterocycles. The maximum absolute atomic E-state index is 12.0. The third-order valence-electron chi connectivity index (χ3n) is 3.63. The summed E-state index contributed by atoms with van der Waals surface area (Å²) in [5.74, 6) is 0. The van der Waals surface area contributed by atoms with Crippen LogP contribution in [0.4, 0.5) is 4.79 Å². The number of nitrogens with zero attached hydrogens (tertiary/aromatic N) is 2. The number of aryl methyl sites for hydroxylation is 1. The number of piperidine rings is 1. The number of aromatic nitrogens is 1. The summed E-state index contributed by atoms with van der Waals surface area (Å²) >= 11 is 0. The van der Waals surface area contributed by atoms with Crippen LogP contribution in [0, 0.1) is 0 Å². The lowest BCUT2D eigenvalue weighted by molar-refractivity contribution is 0.0198. The number of nitrogens with one attached hydrogen (secondary N) is 1. The third-order valence-corrected chi connectivity index (χ3v) is 3.63. The normalized spacial score (nSPS) is 17.0. The van der Waals surface area contributed by atoms with Crippen LogP contribution in [-0.2, 0) is 18.3 Å². The summed E-state index contributed by atoms with van der Waals surface area (Å²) in [6.07, 6.45) is 5.95. The van der Waals surface area contributed by atoms with Gasteiger partial charge in [0.2, 0.25) is 0 Å². The second kappa shape index (κ2) is 6.52. The van der Waals surface area contributed by atoms with Crippen LogP contribution in [-0.4, -0.2) is 40.3 Å². The Morgan fingerprint density at radius 2 is 2.05 bits per heavy atom. The highest BCUT2D eigenvalue weighted by Gasteiger charge is 2.26. The first kappa shape index (κ1) is 15.9. The Labute approximate surface area is 127 Å². The van der Waals surface area contributed by atoms with E-state index >= 15 is 0 Å². The van der Waals surface area contributed by atoms with E-state index in [-0.39, 0.29) is 6.09 Å². The molecule has 0 unspecified atom stereocenters. The number of rotatable bonds is 3. The topological polar surface area (TPSA) is 46.5 Å². The first-order valence-corrected chi connectivity index (χ1v) is 7.66. The van der Waals surface area contributed by atoms with Crippen LogP contribution in [0.1, 0.15) is 39.2 Å². The summed E-state index contributed by atoms with van der Waals surface area (Å²) in [7, 11) is 2.03. The van der Waals surface area contributed by atoms with Gasteiger partial charge in [0.05, 0.1) is 0 Å². The third kappa shape index (κ3) is 5.08. The van der Waals surface area contributed by atoms with Crippen LogP contribution in [0.25, 0.3) is 0 Å². The molecule has 0 spiro atoms. The summed E-state index contributed by atoms with van der Waals surface area (Å²) < 4.78 is 7.47. The highest BCUT2D eigenvalue weighted by atomic mass is 16.6. The van der Waals surface area contributed by atoms with Crippen molar-refractivity contribution in [3.05, 3.63) is 24.0 Å². The number of carbonyl (C=O) groups is 1. The van der Waals surface area contributed by atoms with Gasteiger partial charge in [0.25, 0.3) is 0 Å². The molecular weight excluding hydrogens is 266 g/mol. The summed E-state index contributed by atoms with van der Waals surface area (Å²) in [6, 6.07) is 2.60. The van der Waals surface area contributed by atoms with Crippen LogP contribution >= 0.6 is 0 Å². The molecule has 1 aromatic heterocycles. The number of likely N-dealkylation sites (tertiary alicyclic amines) is 1. The Morgan fingerprint density at radius 1 is 1.38 bits per heavy atom. The van der Waals surface area contributed by atoms with Crippen LogP contribution < -0.4 is 5.32 Å². The molecule has 2 heterocycles. The van der Waals surface area contributed by atoms with Crippen LogP contribution in [0.5, 0.6) is 0 Å². The Hall–Kier alpha value is -1.49. The first-order chi connectivity index (χ1) is 9.83. The van der Waals surface area contributed by atoms with Crippen molar-refractivity contribution < 1.29 is 9.53 Å². The second-order valence-corrected chi connectivity index (χ2v) is 6.81. The van der Waals surface area contributed by atoms with Gasteiger partial charge < -0.3 is 19.5 Å². The van der Waals surface area contributed by atoms with Crippen LogP contribution in [0.3, 0.4) is 0 Å². The number of hydrogen-bond acceptors (Lipinski definition) is 3. The van der Waals surface area contributed by atoms with Gasteiger partial charge in [0, 0.05) is 45.1 Å². The van der Waals surface area contributed by atoms with Crippen molar-refractivity contribution in [1.82, 2.24) is 14.8 Å². The largest absolute Gasteiger partial charge is 0.444 e. The zero-order valence-electron chi connectivity index (χ0n) is 13.6. The molecule has 1 N–H and O–H groups in total. The van der Waals surface area contributed by atoms with E-state index in [1.54, 1.807) is 0 Å². The molecule has 2 rings (SSSR count). The molecular formula is C16H27N3O2. The standard InChI is InChI=1S/C16H27N3O2/c1-16(2,3)21-15(20)19-9-6-14(7-10-19)17-11-13-5-8-18(4)12-13/h5,8,12,14,17H,6-7,9-11H2,1-4H3. The molecule has 0 bridgehead atoms. The predicted molar refractivity (Wildman–Crippen MR) is 83.1 cm³/mol. The molecule has 5 nitrogen and oxygen atoms in total. The minimum absolute atomic E-state index is 0.191. The van der Waals surface area contributed by atoms with Crippen LogP contribution in [0.2, 0.25) is 0 Å². The fourth-order valence-electron chi connectivity index (χ4n) is 2.52. The van der Waals surface area contributed by atoms with E-state index in [1.165, 1.54) is 5.56 Å². The lowest BCUT2D eigenvalue weighted by Gasteiger charge is -2.33. The zero-order chi connectivity index (χ0) is 15.5. The fraction of sp³-hybridized carbons (Fsp3) is 0.688. The summed E-state index contributed by atoms with van der Waals surface area (Å²) in [5, 5.41) is 3.57. The van der Waals surface area contributed by atoms with Crippen molar-refractivity contribution in [2.24, 2.45) is 7.05 Å². The molecule has 0 radical (unpaired) electrons. The molecule has 1 aliphatic rings. The van der Waals surface area contributed by atoms with Crippen molar-refractivity contribution in [2.45, 2.75) is 51.8 Å². The van der Waals surface area contributed by atoms with Crippen molar-refractivity contribution >= 4 is 6.09 Å². The first-order valence-electron chi connectivity index (χ1n) is 7.66. The number of amides is 1. The Bertz CT molecular complexity index is 468. The van der Waals surface area contributed by atoms with Gasteiger partial charge in [-0.3, -0.25) is 0 Å². The quantitative estimate of drug-likeness (QED) is 0.931. The van der Waals surface area contributed by atoms with Gasteiger partial charge in [-0.25, -0.2) is 4.79 Å². The van der Waals surface area contributed by atoms with E-state index in [0.717, 1.165) is 32.5 Å². The predicted octanol–water partition coefficient (Wildman–Crippen LogP) is 2.51. The van der Waals surface area contributed by atoms with Gasteiger partial charge >= 0.3 is 6.09 Å². The molecule has 0 atom stereocenters. The lowest BCUT2D eigenvalue weighted by atomic mass is 10.1. The van der Waals surface area contributed by atoms with Gasteiger partial charge in [-0.2, -0.15) is 0 Å². The monoisotopic (exact) mass is 293 g/mol. The molecule has 1 fully saturated rings. The molecule has 1 amide bonds. The molecule has 0 saturated carbocycles. The minimum atomic E-state index is -0.417. The Kier molecular flexibility index (Phi) is 4.93. The maximum atomic E-state index is 12.0. The molecule has 1 aromatic rings. The van der Waals surface area contributed by atoms with E-state index < -0.39 is 5.60 Å². The van der Waals surface area contributed by atoms with Gasteiger partial charge in [0.1, 0.15) is 5.60 Å². The summed E-state index contributed by atoms with van der Waals surface area (Å²) in [5.41, 5.74) is 0.881. The van der Waals surface area contributed by atoms with Crippen molar-refractivity contribution in [3.8, 4) is 0 Å². The van der Waals surface area contributed by atoms with E-state index in [1.807, 2.05) is 32.7 Å².